The Labute approximate surface area is 152 Å². The summed E-state index contributed by atoms with van der Waals surface area (Å²) in [6, 6.07) is 9.39. The second-order valence-corrected chi connectivity index (χ2v) is 5.69. The van der Waals surface area contributed by atoms with E-state index in [0.717, 1.165) is 12.0 Å². The highest BCUT2D eigenvalue weighted by atomic mass is 35.5. The van der Waals surface area contributed by atoms with Gasteiger partial charge in [0, 0.05) is 24.5 Å². The molecule has 1 aromatic heterocycles. The minimum absolute atomic E-state index is 0.153. The Morgan fingerprint density at radius 2 is 2.12 bits per heavy atom. The van der Waals surface area contributed by atoms with Crippen LogP contribution in [0, 0.1) is 0 Å². The number of carbonyl (C=O) groups is 1. The van der Waals surface area contributed by atoms with Crippen LogP contribution in [0.15, 0.2) is 42.7 Å². The number of carbonyl (C=O) groups excluding carboxylic acids is 1. The highest BCUT2D eigenvalue weighted by Crippen LogP contribution is 2.13. The van der Waals surface area contributed by atoms with Crippen LogP contribution in [0.25, 0.3) is 0 Å². The van der Waals surface area contributed by atoms with Gasteiger partial charge in [-0.1, -0.05) is 23.7 Å². The van der Waals surface area contributed by atoms with Crippen LogP contribution in [0.5, 0.6) is 0 Å². The molecule has 0 aliphatic heterocycles. The van der Waals surface area contributed by atoms with E-state index in [1.165, 1.54) is 0 Å². The van der Waals surface area contributed by atoms with Crippen molar-refractivity contribution in [3.63, 3.8) is 0 Å². The quantitative estimate of drug-likeness (QED) is 0.489. The summed E-state index contributed by atoms with van der Waals surface area (Å²) < 4.78 is 6.85. The number of aromatic nitrogens is 2. The number of hydrogen-bond donors (Lipinski definition) is 3. The van der Waals surface area contributed by atoms with Crippen molar-refractivity contribution in [2.45, 2.75) is 31.9 Å². The van der Waals surface area contributed by atoms with Gasteiger partial charge in [0.2, 0.25) is 5.91 Å². The molecule has 1 amide bonds. The smallest absolute Gasteiger partial charge is 0.245 e. The molecule has 1 heterocycles. The van der Waals surface area contributed by atoms with Crippen molar-refractivity contribution in [2.24, 2.45) is 0 Å². The number of benzene rings is 1. The Morgan fingerprint density at radius 1 is 1.40 bits per heavy atom. The Bertz CT molecular complexity index is 590. The van der Waals surface area contributed by atoms with Gasteiger partial charge in [0.1, 0.15) is 0 Å². The number of aliphatic hydroxyl groups excluding tert-OH is 1. The maximum Gasteiger partial charge on any atom is 0.245 e. The number of aryl methyl sites for hydroxylation is 1. The second kappa shape index (κ2) is 12.4. The van der Waals surface area contributed by atoms with Crippen molar-refractivity contribution >= 4 is 17.5 Å². The number of aliphatic hydroxyl groups is 1. The topological polar surface area (TPSA) is 96.6 Å². The molecule has 0 bridgehead atoms. The normalized spacial score (nSPS) is 11.4. The average Bonchev–Trinajstić information content (AvgIpc) is 3.14. The van der Waals surface area contributed by atoms with Gasteiger partial charge in [0.25, 0.3) is 0 Å². The summed E-state index contributed by atoms with van der Waals surface area (Å²) >= 11 is 5.78. The van der Waals surface area contributed by atoms with E-state index in [1.54, 1.807) is 23.5 Å². The first-order chi connectivity index (χ1) is 12.1. The van der Waals surface area contributed by atoms with Gasteiger partial charge >= 0.3 is 0 Å². The predicted molar refractivity (Wildman–Crippen MR) is 94.4 cm³/mol. The fraction of sp³-hybridized carbons (Fsp3) is 0.412. The molecular weight excluding hydrogens is 346 g/mol. The van der Waals surface area contributed by atoms with Crippen LogP contribution in [-0.2, 0) is 22.5 Å². The first kappa shape index (κ1) is 21.1. The predicted octanol–water partition coefficient (Wildman–Crippen LogP) is 2.06. The number of hydroxylamine groups is 1. The lowest BCUT2D eigenvalue weighted by Crippen LogP contribution is -2.25. The van der Waals surface area contributed by atoms with Crippen LogP contribution < -0.4 is 5.48 Å². The largest absolute Gasteiger partial charge is 0.394 e. The van der Waals surface area contributed by atoms with E-state index in [-0.39, 0.29) is 19.1 Å². The third-order valence-corrected chi connectivity index (χ3v) is 3.68. The van der Waals surface area contributed by atoms with Crippen molar-refractivity contribution in [2.75, 3.05) is 13.7 Å². The molecule has 0 radical (unpaired) electrons. The van der Waals surface area contributed by atoms with E-state index < -0.39 is 5.91 Å². The minimum atomic E-state index is -0.437. The number of halogens is 1. The van der Waals surface area contributed by atoms with Gasteiger partial charge in [-0.05, 0) is 36.6 Å². The van der Waals surface area contributed by atoms with Gasteiger partial charge in [-0.2, -0.15) is 5.10 Å². The number of ether oxygens (including phenoxy) is 1. The molecule has 0 saturated carbocycles. The van der Waals surface area contributed by atoms with E-state index in [9.17, 15) is 4.79 Å². The van der Waals surface area contributed by atoms with Crippen LogP contribution in [0.1, 0.15) is 18.4 Å². The number of nitrogens with zero attached hydrogens (tertiary/aromatic N) is 2. The number of nitrogens with one attached hydrogen (secondary N) is 1. The fourth-order valence-electron chi connectivity index (χ4n) is 2.07. The number of hydrogen-bond acceptors (Lipinski definition) is 5. The lowest BCUT2D eigenvalue weighted by molar-refractivity contribution is -0.131. The van der Waals surface area contributed by atoms with E-state index in [2.05, 4.69) is 5.10 Å². The van der Waals surface area contributed by atoms with Crippen molar-refractivity contribution in [1.29, 1.82) is 0 Å². The second-order valence-electron chi connectivity index (χ2n) is 5.25. The third kappa shape index (κ3) is 9.21. The van der Waals surface area contributed by atoms with Gasteiger partial charge in [0.15, 0.2) is 0 Å². The lowest BCUT2D eigenvalue weighted by atomic mass is 10.0. The SMILES string of the molecule is COC(CCc1ccc(Cl)cc1)CC(=O)NO.OCCn1cccn1. The highest BCUT2D eigenvalue weighted by Gasteiger charge is 2.12. The van der Waals surface area contributed by atoms with Gasteiger partial charge in [-0.25, -0.2) is 5.48 Å². The molecule has 3 N–H and O–H groups in total. The Balaban J connectivity index is 0.000000324. The van der Waals surface area contributed by atoms with Gasteiger partial charge < -0.3 is 9.84 Å². The summed E-state index contributed by atoms with van der Waals surface area (Å²) in [5.74, 6) is -0.437. The molecule has 0 fully saturated rings. The number of methoxy groups -OCH3 is 1. The molecule has 2 aromatic rings. The van der Waals surface area contributed by atoms with Gasteiger partial charge in [0.05, 0.1) is 25.7 Å². The Hall–Kier alpha value is -1.93. The molecule has 0 aliphatic carbocycles. The van der Waals surface area contributed by atoms with Crippen LogP contribution in [0.3, 0.4) is 0 Å². The lowest BCUT2D eigenvalue weighted by Gasteiger charge is -2.13. The Kier molecular flexibility index (Phi) is 10.5. The van der Waals surface area contributed by atoms with Crippen LogP contribution >= 0.6 is 11.6 Å². The molecule has 1 atom stereocenters. The molecule has 0 spiro atoms. The molecule has 1 aromatic carbocycles. The fourth-order valence-corrected chi connectivity index (χ4v) is 2.20. The third-order valence-electron chi connectivity index (χ3n) is 3.43. The van der Waals surface area contributed by atoms with Crippen LogP contribution in [-0.4, -0.2) is 45.8 Å². The highest BCUT2D eigenvalue weighted by molar-refractivity contribution is 6.30. The number of rotatable bonds is 8. The standard InChI is InChI=1S/C12H16ClNO3.C5H8N2O/c1-17-11(8-12(15)14-16)7-4-9-2-5-10(13)6-3-9;8-5-4-7-3-1-2-6-7/h2-3,5-6,11,16H,4,7-8H2,1H3,(H,14,15);1-3,8H,4-5H2. The average molecular weight is 370 g/mol. The van der Waals surface area contributed by atoms with Gasteiger partial charge in [-0.3, -0.25) is 14.7 Å². The molecule has 1 unspecified atom stereocenters. The number of amides is 1. The van der Waals surface area contributed by atoms with E-state index in [0.29, 0.717) is 18.0 Å². The molecule has 7 nitrogen and oxygen atoms in total. The summed E-state index contributed by atoms with van der Waals surface area (Å²) in [7, 11) is 1.55. The van der Waals surface area contributed by atoms with Crippen molar-refractivity contribution in [3.05, 3.63) is 53.3 Å². The molecule has 2 rings (SSSR count). The maximum absolute atomic E-state index is 11.0. The van der Waals surface area contributed by atoms with E-state index in [4.69, 9.17) is 26.7 Å². The van der Waals surface area contributed by atoms with Crippen molar-refractivity contribution in [3.8, 4) is 0 Å². The monoisotopic (exact) mass is 369 g/mol. The summed E-state index contributed by atoms with van der Waals surface area (Å²) in [6.45, 7) is 0.745. The van der Waals surface area contributed by atoms with Crippen molar-refractivity contribution in [1.82, 2.24) is 15.3 Å². The zero-order valence-corrected chi connectivity index (χ0v) is 14.9. The van der Waals surface area contributed by atoms with E-state index in [1.807, 2.05) is 36.5 Å². The summed E-state index contributed by atoms with van der Waals surface area (Å²) in [4.78, 5) is 11.0. The molecule has 25 heavy (non-hydrogen) atoms. The van der Waals surface area contributed by atoms with Crippen molar-refractivity contribution < 1.29 is 19.8 Å². The first-order valence-corrected chi connectivity index (χ1v) is 8.25. The summed E-state index contributed by atoms with van der Waals surface area (Å²) in [6.07, 6.45) is 4.98. The zero-order valence-electron chi connectivity index (χ0n) is 14.1. The molecule has 0 saturated heterocycles. The molecule has 138 valence electrons. The molecule has 8 heteroatoms. The summed E-state index contributed by atoms with van der Waals surface area (Å²) in [5.41, 5.74) is 2.74. The first-order valence-electron chi connectivity index (χ1n) is 7.87. The van der Waals surface area contributed by atoms with Crippen LogP contribution in [0.4, 0.5) is 0 Å². The molecule has 0 aliphatic rings. The minimum Gasteiger partial charge on any atom is -0.394 e. The summed E-state index contributed by atoms with van der Waals surface area (Å²) in [5, 5.41) is 21.4. The van der Waals surface area contributed by atoms with Gasteiger partial charge in [-0.15, -0.1) is 0 Å². The maximum atomic E-state index is 11.0. The van der Waals surface area contributed by atoms with Crippen LogP contribution in [0.2, 0.25) is 5.02 Å². The van der Waals surface area contributed by atoms with E-state index >= 15 is 0 Å². The Morgan fingerprint density at radius 3 is 2.64 bits per heavy atom. The molecular formula is C17H24ClN3O4. The zero-order chi connectivity index (χ0) is 18.5.